The number of aliphatic hydroxyl groups excluding tert-OH is 1. The van der Waals surface area contributed by atoms with E-state index in [0.29, 0.717) is 41.4 Å². The molecule has 0 radical (unpaired) electrons. The summed E-state index contributed by atoms with van der Waals surface area (Å²) in [5, 5.41) is 14.9. The molecule has 6 aliphatic carbocycles. The van der Waals surface area contributed by atoms with Gasteiger partial charge in [0.2, 0.25) is 0 Å². The Morgan fingerprint density at radius 3 is 2.34 bits per heavy atom. The number of hydrogen-bond acceptors (Lipinski definition) is 5. The van der Waals surface area contributed by atoms with Gasteiger partial charge in [-0.25, -0.2) is 0 Å². The average Bonchev–Trinajstić information content (AvgIpc) is 3.58. The van der Waals surface area contributed by atoms with Gasteiger partial charge in [0.25, 0.3) is 0 Å². The Morgan fingerprint density at radius 1 is 0.875 bits per heavy atom. The summed E-state index contributed by atoms with van der Waals surface area (Å²) >= 11 is 0. The van der Waals surface area contributed by atoms with E-state index >= 15 is 0 Å². The first-order valence-electron chi connectivity index (χ1n) is 23.1. The number of fused-ring (bicyclic) bond motifs is 7. The number of carbonyl (C=O) groups is 1. The van der Waals surface area contributed by atoms with E-state index in [0.717, 1.165) is 36.8 Å². The van der Waals surface area contributed by atoms with E-state index in [-0.39, 0.29) is 35.6 Å². The third kappa shape index (κ3) is 6.46. The van der Waals surface area contributed by atoms with Crippen LogP contribution in [0, 0.1) is 56.7 Å². The molecule has 56 heavy (non-hydrogen) atoms. The number of rotatable bonds is 10. The summed E-state index contributed by atoms with van der Waals surface area (Å²) in [5.74, 6) is 3.19. The molecule has 5 heteroatoms. The van der Waals surface area contributed by atoms with Crippen molar-refractivity contribution in [1.29, 1.82) is 0 Å². The molecule has 1 saturated heterocycles. The van der Waals surface area contributed by atoms with E-state index in [4.69, 9.17) is 4.74 Å². The zero-order valence-corrected chi connectivity index (χ0v) is 36.2. The molecule has 1 aliphatic heterocycles. The summed E-state index contributed by atoms with van der Waals surface area (Å²) < 4.78 is 5.81. The number of ether oxygens (including phenoxy) is 1. The second kappa shape index (κ2) is 15.1. The number of aliphatic hydroxyl groups is 1. The van der Waals surface area contributed by atoms with Crippen molar-refractivity contribution in [3.8, 4) is 0 Å². The Hall–Kier alpha value is -2.21. The molecule has 0 amide bonds. The van der Waals surface area contributed by atoms with Gasteiger partial charge in [-0.15, -0.1) is 0 Å². The first kappa shape index (κ1) is 40.6. The highest BCUT2D eigenvalue weighted by atomic mass is 16.5. The molecule has 7 aliphatic rings. The predicted octanol–water partition coefficient (Wildman–Crippen LogP) is 10.8. The van der Waals surface area contributed by atoms with Crippen molar-refractivity contribution in [3.63, 3.8) is 0 Å². The van der Waals surface area contributed by atoms with Crippen LogP contribution in [0.2, 0.25) is 0 Å². The van der Waals surface area contributed by atoms with Gasteiger partial charge in [-0.3, -0.25) is 4.79 Å². The standard InChI is InChI=1S/C51H76N2O3/c1-36(2)39-20-27-51(52-30-33-53-31-12-9-13-32-53)29-28-48(6)41(44(39)51)16-17-43-47(5)23-21-40(46(3,4)42(47)22-24-49(43,48)7)38-18-25-50(35-54,26-19-38)45(55)56-34-37-14-10-8-11-15-37/h8,10-11,14-15,18,21,39,41-44,52,54H,1,9,12-13,16-17,19-20,22-35H2,2-7H3/t39-,41+,42-,43+,44+,47-,48+,49+,50?,51-/m0/s1. The van der Waals surface area contributed by atoms with Crippen molar-refractivity contribution in [1.82, 2.24) is 10.2 Å². The molecule has 2 N–H and O–H groups in total. The highest BCUT2D eigenvalue weighted by Gasteiger charge is 2.70. The van der Waals surface area contributed by atoms with E-state index in [9.17, 15) is 9.90 Å². The van der Waals surface area contributed by atoms with Crippen LogP contribution in [0.4, 0.5) is 0 Å². The van der Waals surface area contributed by atoms with Crippen molar-refractivity contribution < 1.29 is 14.6 Å². The molecule has 4 saturated carbocycles. The maximum absolute atomic E-state index is 13.5. The SMILES string of the molecule is C=C(C)[C@@H]1CC[C@]2(NCCN3CCCCC3)CC[C@]3(C)[C@H](CC[C@@H]4[C@@]5(C)CC=C(C6=CCC(CO)(C(=O)OCc7ccccc7)CC6)C(C)(C)[C@@H]5CC[C@]43C)[C@@H]12. The largest absolute Gasteiger partial charge is 0.460 e. The lowest BCUT2D eigenvalue weighted by atomic mass is 9.33. The number of allylic oxidation sites excluding steroid dienone is 5. The van der Waals surface area contributed by atoms with Gasteiger partial charge < -0.3 is 20.1 Å². The minimum absolute atomic E-state index is 0.0570. The molecular weight excluding hydrogens is 689 g/mol. The van der Waals surface area contributed by atoms with Crippen LogP contribution in [-0.2, 0) is 16.1 Å². The van der Waals surface area contributed by atoms with E-state index in [1.165, 1.54) is 107 Å². The second-order valence-corrected chi connectivity index (χ2v) is 21.6. The van der Waals surface area contributed by atoms with Crippen molar-refractivity contribution in [2.24, 2.45) is 56.7 Å². The average molecular weight is 765 g/mol. The smallest absolute Gasteiger partial charge is 0.315 e. The first-order chi connectivity index (χ1) is 26.7. The van der Waals surface area contributed by atoms with Gasteiger partial charge in [0.15, 0.2) is 0 Å². The zero-order chi connectivity index (χ0) is 39.6. The quantitative estimate of drug-likeness (QED) is 0.184. The maximum Gasteiger partial charge on any atom is 0.315 e. The fourth-order valence-corrected chi connectivity index (χ4v) is 15.7. The van der Waals surface area contributed by atoms with Gasteiger partial charge in [-0.1, -0.05) is 95.7 Å². The molecule has 1 aromatic carbocycles. The molecule has 1 unspecified atom stereocenters. The van der Waals surface area contributed by atoms with E-state index in [1.807, 2.05) is 30.3 Å². The first-order valence-corrected chi connectivity index (χ1v) is 23.1. The molecule has 10 atom stereocenters. The third-order valence-electron chi connectivity index (χ3n) is 18.9. The van der Waals surface area contributed by atoms with Crippen molar-refractivity contribution >= 4 is 5.97 Å². The van der Waals surface area contributed by atoms with Crippen LogP contribution in [0.25, 0.3) is 0 Å². The predicted molar refractivity (Wildman–Crippen MR) is 229 cm³/mol. The van der Waals surface area contributed by atoms with Crippen LogP contribution in [0.1, 0.15) is 143 Å². The zero-order valence-electron chi connectivity index (χ0n) is 36.2. The Balaban J connectivity index is 1.01. The molecule has 8 rings (SSSR count). The number of esters is 1. The van der Waals surface area contributed by atoms with E-state index in [1.54, 1.807) is 0 Å². The highest BCUT2D eigenvalue weighted by molar-refractivity contribution is 5.78. The summed E-state index contributed by atoms with van der Waals surface area (Å²) in [6, 6.07) is 9.86. The van der Waals surface area contributed by atoms with E-state index < -0.39 is 5.41 Å². The lowest BCUT2D eigenvalue weighted by molar-refractivity contribution is -0.221. The van der Waals surface area contributed by atoms with Crippen LogP contribution in [0.15, 0.2) is 65.8 Å². The molecule has 5 fully saturated rings. The second-order valence-electron chi connectivity index (χ2n) is 21.6. The summed E-state index contributed by atoms with van der Waals surface area (Å²) in [7, 11) is 0. The fourth-order valence-electron chi connectivity index (χ4n) is 15.7. The van der Waals surface area contributed by atoms with E-state index in [2.05, 4.69) is 70.5 Å². The molecular formula is C51H76N2O3. The van der Waals surface area contributed by atoms with Gasteiger partial charge >= 0.3 is 5.97 Å². The molecule has 1 aromatic rings. The van der Waals surface area contributed by atoms with Gasteiger partial charge in [-0.05, 0) is 178 Å². The van der Waals surface area contributed by atoms with Gasteiger partial charge in [-0.2, -0.15) is 0 Å². The molecule has 1 heterocycles. The van der Waals surface area contributed by atoms with Crippen molar-refractivity contribution in [2.45, 2.75) is 150 Å². The van der Waals surface area contributed by atoms with Crippen molar-refractivity contribution in [3.05, 3.63) is 71.3 Å². The lowest BCUT2D eigenvalue weighted by Gasteiger charge is -2.72. The van der Waals surface area contributed by atoms with Crippen LogP contribution < -0.4 is 5.32 Å². The van der Waals surface area contributed by atoms with Crippen LogP contribution in [-0.4, -0.2) is 54.3 Å². The van der Waals surface area contributed by atoms with Gasteiger partial charge in [0.1, 0.15) is 6.61 Å². The van der Waals surface area contributed by atoms with Crippen molar-refractivity contribution in [2.75, 3.05) is 32.8 Å². The Labute approximate surface area is 340 Å². The Bertz CT molecular complexity index is 1690. The minimum atomic E-state index is -0.851. The number of likely N-dealkylation sites (tertiary alicyclic amines) is 1. The summed E-state index contributed by atoms with van der Waals surface area (Å²) in [6.45, 7) is 25.3. The fraction of sp³-hybridized carbons (Fsp3) is 0.745. The monoisotopic (exact) mass is 765 g/mol. The number of piperidine rings is 1. The number of carbonyl (C=O) groups excluding carboxylic acids is 1. The molecule has 0 bridgehead atoms. The topological polar surface area (TPSA) is 61.8 Å². The summed E-state index contributed by atoms with van der Waals surface area (Å²) in [4.78, 5) is 16.2. The Kier molecular flexibility index (Phi) is 10.9. The number of nitrogens with one attached hydrogen (secondary N) is 1. The van der Waals surface area contributed by atoms with Gasteiger partial charge in [0.05, 0.1) is 12.0 Å². The number of benzene rings is 1. The highest BCUT2D eigenvalue weighted by Crippen LogP contribution is 2.76. The van der Waals surface area contributed by atoms with Crippen LogP contribution in [0.5, 0.6) is 0 Å². The minimum Gasteiger partial charge on any atom is -0.460 e. The Morgan fingerprint density at radius 2 is 1.64 bits per heavy atom. The van der Waals surface area contributed by atoms with Crippen LogP contribution in [0.3, 0.4) is 0 Å². The van der Waals surface area contributed by atoms with Crippen LogP contribution >= 0.6 is 0 Å². The number of nitrogens with zero attached hydrogens (tertiary/aromatic N) is 1. The lowest BCUT2D eigenvalue weighted by Crippen LogP contribution is -2.68. The third-order valence-corrected chi connectivity index (χ3v) is 18.9. The molecule has 0 aromatic heterocycles. The summed E-state index contributed by atoms with van der Waals surface area (Å²) in [6.07, 6.45) is 22.9. The molecule has 5 nitrogen and oxygen atoms in total. The summed E-state index contributed by atoms with van der Waals surface area (Å²) in [5.41, 5.74) is 5.75. The maximum atomic E-state index is 13.5. The molecule has 0 spiro atoms. The number of hydrogen-bond donors (Lipinski definition) is 2. The molecule has 308 valence electrons. The normalized spacial score (nSPS) is 41.9. The van der Waals surface area contributed by atoms with Gasteiger partial charge in [0, 0.05) is 18.6 Å².